The van der Waals surface area contributed by atoms with Gasteiger partial charge in [0.2, 0.25) is 0 Å². The molecular weight excluding hydrogens is 188 g/mol. The van der Waals surface area contributed by atoms with Crippen molar-refractivity contribution in [3.63, 3.8) is 0 Å². The predicted octanol–water partition coefficient (Wildman–Crippen LogP) is 2.19. The molecular formula is C10H19F2NO. The van der Waals surface area contributed by atoms with Crippen molar-refractivity contribution in [2.24, 2.45) is 0 Å². The van der Waals surface area contributed by atoms with Crippen molar-refractivity contribution in [3.8, 4) is 0 Å². The number of ether oxygens (including phenoxy) is 1. The van der Waals surface area contributed by atoms with Crippen LogP contribution in [-0.2, 0) is 4.74 Å². The molecule has 0 radical (unpaired) electrons. The van der Waals surface area contributed by atoms with E-state index in [1.54, 1.807) is 0 Å². The van der Waals surface area contributed by atoms with Crippen LogP contribution in [0, 0.1) is 0 Å². The molecule has 2 nitrogen and oxygen atoms in total. The van der Waals surface area contributed by atoms with E-state index in [4.69, 9.17) is 4.74 Å². The van der Waals surface area contributed by atoms with E-state index in [0.29, 0.717) is 6.04 Å². The third-order valence-corrected chi connectivity index (χ3v) is 2.44. The molecule has 4 heteroatoms. The van der Waals surface area contributed by atoms with Crippen molar-refractivity contribution in [2.45, 2.75) is 57.7 Å². The van der Waals surface area contributed by atoms with Crippen molar-refractivity contribution in [3.05, 3.63) is 0 Å². The molecule has 0 aromatic carbocycles. The first-order valence-corrected chi connectivity index (χ1v) is 5.25. The fraction of sp³-hybridized carbons (Fsp3) is 1.00. The average molecular weight is 207 g/mol. The molecule has 0 aliphatic heterocycles. The van der Waals surface area contributed by atoms with Crippen LogP contribution in [0.15, 0.2) is 0 Å². The molecule has 84 valence electrons. The Morgan fingerprint density at radius 1 is 1.36 bits per heavy atom. The lowest BCUT2D eigenvalue weighted by Gasteiger charge is -2.23. The topological polar surface area (TPSA) is 21.3 Å². The van der Waals surface area contributed by atoms with Crippen molar-refractivity contribution in [1.82, 2.24) is 5.32 Å². The van der Waals surface area contributed by atoms with Gasteiger partial charge in [-0.15, -0.1) is 0 Å². The van der Waals surface area contributed by atoms with Gasteiger partial charge in [-0.3, -0.25) is 0 Å². The molecule has 1 aliphatic carbocycles. The normalized spacial score (nSPS) is 27.9. The van der Waals surface area contributed by atoms with Crippen molar-refractivity contribution < 1.29 is 13.5 Å². The highest BCUT2D eigenvalue weighted by molar-refractivity contribution is 4.85. The molecule has 0 bridgehead atoms. The molecule has 1 rings (SSSR count). The molecule has 1 N–H and O–H groups in total. The number of hydrogen-bond donors (Lipinski definition) is 1. The molecule has 14 heavy (non-hydrogen) atoms. The number of alkyl halides is 2. The summed E-state index contributed by atoms with van der Waals surface area (Å²) in [6, 6.07) is 0.643. The van der Waals surface area contributed by atoms with Crippen LogP contribution in [0.1, 0.15) is 33.1 Å². The number of nitrogens with one attached hydrogen (secondary N) is 1. The molecule has 0 spiro atoms. The van der Waals surface area contributed by atoms with E-state index in [-0.39, 0.29) is 12.1 Å². The molecule has 0 amide bonds. The molecule has 0 heterocycles. The van der Waals surface area contributed by atoms with Gasteiger partial charge in [-0.1, -0.05) is 13.8 Å². The van der Waals surface area contributed by atoms with Gasteiger partial charge in [0.05, 0.1) is 6.10 Å². The summed E-state index contributed by atoms with van der Waals surface area (Å²) in [7, 11) is 0. The Balaban J connectivity index is 2.28. The maximum Gasteiger partial charge on any atom is 0.261 e. The summed E-state index contributed by atoms with van der Waals surface area (Å²) in [5.41, 5.74) is 0. The smallest absolute Gasteiger partial charge is 0.261 e. The number of halogens is 2. The van der Waals surface area contributed by atoms with Crippen LogP contribution < -0.4 is 5.32 Å². The van der Waals surface area contributed by atoms with Crippen LogP contribution >= 0.6 is 0 Å². The summed E-state index contributed by atoms with van der Waals surface area (Å²) in [6.45, 7) is 3.69. The van der Waals surface area contributed by atoms with Crippen molar-refractivity contribution >= 4 is 0 Å². The zero-order chi connectivity index (χ0) is 10.6. The van der Waals surface area contributed by atoms with Crippen LogP contribution in [0.25, 0.3) is 0 Å². The van der Waals surface area contributed by atoms with E-state index in [2.05, 4.69) is 19.2 Å². The highest BCUT2D eigenvalue weighted by Crippen LogP contribution is 2.22. The Bertz CT molecular complexity index is 164. The second-order valence-electron chi connectivity index (χ2n) is 4.12. The van der Waals surface area contributed by atoms with Gasteiger partial charge in [-0.25, -0.2) is 8.78 Å². The number of hydrogen-bond acceptors (Lipinski definition) is 2. The predicted molar refractivity (Wildman–Crippen MR) is 51.7 cm³/mol. The molecule has 0 unspecified atom stereocenters. The van der Waals surface area contributed by atoms with Gasteiger partial charge < -0.3 is 10.1 Å². The van der Waals surface area contributed by atoms with E-state index in [1.165, 1.54) is 0 Å². The van der Waals surface area contributed by atoms with Gasteiger partial charge >= 0.3 is 0 Å². The first kappa shape index (κ1) is 11.9. The zero-order valence-electron chi connectivity index (χ0n) is 8.80. The fourth-order valence-electron chi connectivity index (χ4n) is 1.94. The lowest BCUT2D eigenvalue weighted by molar-refractivity contribution is -0.0310. The molecule has 2 atom stereocenters. The molecule has 0 aromatic heterocycles. The third-order valence-electron chi connectivity index (χ3n) is 2.44. The van der Waals surface area contributed by atoms with Gasteiger partial charge in [0, 0.05) is 12.1 Å². The van der Waals surface area contributed by atoms with E-state index in [0.717, 1.165) is 19.3 Å². The fourth-order valence-corrected chi connectivity index (χ4v) is 1.94. The first-order valence-electron chi connectivity index (χ1n) is 5.25. The average Bonchev–Trinajstić information content (AvgIpc) is 2.47. The van der Waals surface area contributed by atoms with Crippen LogP contribution in [0.4, 0.5) is 8.78 Å². The van der Waals surface area contributed by atoms with Gasteiger partial charge in [-0.2, -0.15) is 0 Å². The van der Waals surface area contributed by atoms with Crippen LogP contribution in [0.2, 0.25) is 0 Å². The lowest BCUT2D eigenvalue weighted by atomic mass is 10.2. The zero-order valence-corrected chi connectivity index (χ0v) is 8.80. The minimum absolute atomic E-state index is 0.0219. The van der Waals surface area contributed by atoms with E-state index in [1.807, 2.05) is 0 Å². The molecule has 1 aliphatic rings. The maximum atomic E-state index is 11.9. The minimum Gasteiger partial charge on any atom is -0.371 e. The number of rotatable bonds is 5. The Kier molecular flexibility index (Phi) is 4.75. The SMILES string of the molecule is CC(C)N[C@H]1CCC[C@H]1OCC(F)F. The lowest BCUT2D eigenvalue weighted by Crippen LogP contribution is -2.41. The summed E-state index contributed by atoms with van der Waals surface area (Å²) in [5.74, 6) is 0. The Morgan fingerprint density at radius 2 is 2.07 bits per heavy atom. The van der Waals surface area contributed by atoms with Gasteiger partial charge in [0.15, 0.2) is 0 Å². The highest BCUT2D eigenvalue weighted by Gasteiger charge is 2.28. The quantitative estimate of drug-likeness (QED) is 0.746. The van der Waals surface area contributed by atoms with Crippen LogP contribution in [-0.4, -0.2) is 31.2 Å². The molecule has 1 saturated carbocycles. The summed E-state index contributed by atoms with van der Waals surface area (Å²) in [4.78, 5) is 0. The van der Waals surface area contributed by atoms with E-state index < -0.39 is 13.0 Å². The summed E-state index contributed by atoms with van der Waals surface area (Å²) in [5, 5.41) is 3.35. The van der Waals surface area contributed by atoms with Gasteiger partial charge in [0.25, 0.3) is 6.43 Å². The van der Waals surface area contributed by atoms with E-state index in [9.17, 15) is 8.78 Å². The van der Waals surface area contributed by atoms with Crippen LogP contribution in [0.3, 0.4) is 0 Å². The van der Waals surface area contributed by atoms with Gasteiger partial charge in [0.1, 0.15) is 6.61 Å². The largest absolute Gasteiger partial charge is 0.371 e. The Hall–Kier alpha value is -0.220. The molecule has 0 saturated heterocycles. The van der Waals surface area contributed by atoms with Gasteiger partial charge in [-0.05, 0) is 19.3 Å². The first-order chi connectivity index (χ1) is 6.59. The maximum absolute atomic E-state index is 11.9. The second kappa shape index (κ2) is 5.61. The van der Waals surface area contributed by atoms with Crippen LogP contribution in [0.5, 0.6) is 0 Å². The third kappa shape index (κ3) is 3.88. The Labute approximate surface area is 84.0 Å². The van der Waals surface area contributed by atoms with E-state index >= 15 is 0 Å². The van der Waals surface area contributed by atoms with Crippen molar-refractivity contribution in [2.75, 3.05) is 6.61 Å². The molecule has 0 aromatic rings. The summed E-state index contributed by atoms with van der Waals surface area (Å²) >= 11 is 0. The summed E-state index contributed by atoms with van der Waals surface area (Å²) < 4.78 is 29.0. The second-order valence-corrected chi connectivity index (χ2v) is 4.12. The molecule has 1 fully saturated rings. The standard InChI is InChI=1S/C10H19F2NO/c1-7(2)13-8-4-3-5-9(8)14-6-10(11)12/h7-10,13H,3-6H2,1-2H3/t8-,9+/m0/s1. The van der Waals surface area contributed by atoms with Crippen molar-refractivity contribution in [1.29, 1.82) is 0 Å². The minimum atomic E-state index is -2.35. The Morgan fingerprint density at radius 3 is 2.64 bits per heavy atom. The highest BCUT2D eigenvalue weighted by atomic mass is 19.3. The monoisotopic (exact) mass is 207 g/mol. The summed E-state index contributed by atoms with van der Waals surface area (Å²) in [6.07, 6.45) is 0.628.